The number of rotatable bonds is 5. The lowest BCUT2D eigenvalue weighted by Crippen LogP contribution is -2.25. The average Bonchev–Trinajstić information content (AvgIpc) is 2.02. The number of carbonyl (C=O) groups is 2. The monoisotopic (exact) mass is 174 g/mol. The van der Waals surface area contributed by atoms with E-state index in [-0.39, 0.29) is 18.1 Å². The van der Waals surface area contributed by atoms with Gasteiger partial charge in [0.15, 0.2) is 6.10 Å². The summed E-state index contributed by atoms with van der Waals surface area (Å²) in [6.07, 6.45) is -1.17. The van der Waals surface area contributed by atoms with Crippen LogP contribution in [0.15, 0.2) is 0 Å². The third-order valence-corrected chi connectivity index (χ3v) is 1.84. The Labute approximate surface area is 71.2 Å². The van der Waals surface area contributed by atoms with Gasteiger partial charge in [-0.1, -0.05) is 13.8 Å². The minimum Gasteiger partial charge on any atom is -0.479 e. The smallest absolute Gasteiger partial charge is 0.332 e. The number of ketones is 1. The number of hydrogen-bond donors (Lipinski definition) is 2. The fourth-order valence-corrected chi connectivity index (χ4v) is 0.707. The van der Waals surface area contributed by atoms with E-state index in [1.54, 1.807) is 6.92 Å². The largest absolute Gasteiger partial charge is 0.479 e. The van der Waals surface area contributed by atoms with E-state index in [0.29, 0.717) is 6.42 Å². The van der Waals surface area contributed by atoms with Gasteiger partial charge in [-0.05, 0) is 6.42 Å². The minimum atomic E-state index is -1.55. The Morgan fingerprint density at radius 3 is 2.25 bits per heavy atom. The van der Waals surface area contributed by atoms with Crippen molar-refractivity contribution in [3.8, 4) is 0 Å². The molecule has 4 heteroatoms. The molecule has 0 rings (SSSR count). The number of carbonyl (C=O) groups excluding carboxylic acids is 1. The summed E-state index contributed by atoms with van der Waals surface area (Å²) in [5.41, 5.74) is 0. The van der Waals surface area contributed by atoms with Crippen molar-refractivity contribution in [2.45, 2.75) is 32.8 Å². The lowest BCUT2D eigenvalue weighted by Gasteiger charge is -2.08. The molecule has 0 aromatic rings. The highest BCUT2D eigenvalue weighted by Gasteiger charge is 2.20. The highest BCUT2D eigenvalue weighted by molar-refractivity contribution is 5.86. The normalized spacial score (nSPS) is 15.2. The first-order chi connectivity index (χ1) is 5.49. The molecule has 0 aliphatic carbocycles. The first-order valence-electron chi connectivity index (χ1n) is 3.92. The Kier molecular flexibility index (Phi) is 4.51. The van der Waals surface area contributed by atoms with Crippen LogP contribution >= 0.6 is 0 Å². The maximum Gasteiger partial charge on any atom is 0.332 e. The number of carboxylic acid groups (broad SMARTS) is 1. The van der Waals surface area contributed by atoms with E-state index < -0.39 is 12.1 Å². The summed E-state index contributed by atoms with van der Waals surface area (Å²) in [5.74, 6) is -1.71. The molecule has 0 spiro atoms. The van der Waals surface area contributed by atoms with Gasteiger partial charge in [-0.2, -0.15) is 0 Å². The molecule has 0 saturated carbocycles. The fraction of sp³-hybridized carbons (Fsp3) is 0.750. The standard InChI is InChI=1S/C8H14O4/c1-3-5(2)6(9)4-7(10)8(11)12/h5,7,10H,3-4H2,1-2H3,(H,11,12). The van der Waals surface area contributed by atoms with Crippen LogP contribution in [0.2, 0.25) is 0 Å². The number of hydrogen-bond acceptors (Lipinski definition) is 3. The summed E-state index contributed by atoms with van der Waals surface area (Å²) in [4.78, 5) is 21.2. The van der Waals surface area contributed by atoms with Crippen molar-refractivity contribution in [3.05, 3.63) is 0 Å². The van der Waals surface area contributed by atoms with E-state index in [2.05, 4.69) is 0 Å². The van der Waals surface area contributed by atoms with Gasteiger partial charge in [-0.3, -0.25) is 4.79 Å². The van der Waals surface area contributed by atoms with Crippen LogP contribution < -0.4 is 0 Å². The predicted octanol–water partition coefficient (Wildman–Crippen LogP) is 0.437. The molecule has 0 aliphatic heterocycles. The predicted molar refractivity (Wildman–Crippen MR) is 42.7 cm³/mol. The number of aliphatic hydroxyl groups is 1. The maximum absolute atomic E-state index is 11.1. The maximum atomic E-state index is 11.1. The third kappa shape index (κ3) is 3.48. The molecule has 0 aliphatic rings. The van der Waals surface area contributed by atoms with Gasteiger partial charge in [0.1, 0.15) is 5.78 Å². The van der Waals surface area contributed by atoms with Crippen molar-refractivity contribution in [2.75, 3.05) is 0 Å². The zero-order chi connectivity index (χ0) is 9.72. The van der Waals surface area contributed by atoms with Crippen molar-refractivity contribution < 1.29 is 19.8 Å². The van der Waals surface area contributed by atoms with Crippen LogP contribution in [0.4, 0.5) is 0 Å². The molecule has 0 bridgehead atoms. The molecular formula is C8H14O4. The first kappa shape index (κ1) is 11.1. The van der Waals surface area contributed by atoms with Gasteiger partial charge in [0.2, 0.25) is 0 Å². The van der Waals surface area contributed by atoms with Crippen LogP contribution in [-0.4, -0.2) is 28.1 Å². The van der Waals surface area contributed by atoms with Gasteiger partial charge < -0.3 is 10.2 Å². The van der Waals surface area contributed by atoms with Gasteiger partial charge in [-0.25, -0.2) is 4.79 Å². The molecule has 0 radical (unpaired) electrons. The molecule has 0 saturated heterocycles. The lowest BCUT2D eigenvalue weighted by atomic mass is 9.99. The van der Waals surface area contributed by atoms with E-state index in [1.807, 2.05) is 6.92 Å². The molecule has 70 valence electrons. The van der Waals surface area contributed by atoms with Crippen LogP contribution in [0.25, 0.3) is 0 Å². The van der Waals surface area contributed by atoms with E-state index in [9.17, 15) is 9.59 Å². The third-order valence-electron chi connectivity index (χ3n) is 1.84. The van der Waals surface area contributed by atoms with Crippen molar-refractivity contribution in [1.29, 1.82) is 0 Å². The Morgan fingerprint density at radius 1 is 1.42 bits per heavy atom. The SMILES string of the molecule is CCC(C)C(=O)CC(O)C(=O)O. The zero-order valence-electron chi connectivity index (χ0n) is 7.28. The van der Waals surface area contributed by atoms with Crippen molar-refractivity contribution in [1.82, 2.24) is 0 Å². The van der Waals surface area contributed by atoms with Gasteiger partial charge in [0, 0.05) is 12.3 Å². The summed E-state index contributed by atoms with van der Waals surface area (Å²) >= 11 is 0. The van der Waals surface area contributed by atoms with E-state index >= 15 is 0 Å². The number of aliphatic hydroxyl groups excluding tert-OH is 1. The Hall–Kier alpha value is -0.900. The van der Waals surface area contributed by atoms with Crippen LogP contribution in [0.5, 0.6) is 0 Å². The van der Waals surface area contributed by atoms with Crippen molar-refractivity contribution in [2.24, 2.45) is 5.92 Å². The van der Waals surface area contributed by atoms with Crippen LogP contribution in [0, 0.1) is 5.92 Å². The molecule has 0 amide bonds. The second kappa shape index (κ2) is 4.87. The second-order valence-corrected chi connectivity index (χ2v) is 2.83. The second-order valence-electron chi connectivity index (χ2n) is 2.83. The molecule has 2 unspecified atom stereocenters. The first-order valence-corrected chi connectivity index (χ1v) is 3.92. The molecule has 2 atom stereocenters. The summed E-state index contributed by atoms with van der Waals surface area (Å²) < 4.78 is 0. The average molecular weight is 174 g/mol. The number of aliphatic carboxylic acids is 1. The van der Waals surface area contributed by atoms with Crippen LogP contribution in [0.1, 0.15) is 26.7 Å². The Morgan fingerprint density at radius 2 is 1.92 bits per heavy atom. The molecule has 4 nitrogen and oxygen atoms in total. The van der Waals surface area contributed by atoms with Gasteiger partial charge >= 0.3 is 5.97 Å². The number of carboxylic acids is 1. The van der Waals surface area contributed by atoms with Crippen LogP contribution in [0.3, 0.4) is 0 Å². The van der Waals surface area contributed by atoms with E-state index in [4.69, 9.17) is 10.2 Å². The highest BCUT2D eigenvalue weighted by Crippen LogP contribution is 2.07. The van der Waals surface area contributed by atoms with Gasteiger partial charge in [0.05, 0.1) is 0 Å². The molecule has 0 heterocycles. The molecular weight excluding hydrogens is 160 g/mol. The molecule has 0 aromatic heterocycles. The summed E-state index contributed by atoms with van der Waals surface area (Å²) in [5, 5.41) is 17.1. The molecule has 2 N–H and O–H groups in total. The Balaban J connectivity index is 3.92. The Bertz CT molecular complexity index is 176. The van der Waals surface area contributed by atoms with Crippen LogP contribution in [-0.2, 0) is 9.59 Å². The van der Waals surface area contributed by atoms with Gasteiger partial charge in [0.25, 0.3) is 0 Å². The van der Waals surface area contributed by atoms with E-state index in [1.165, 1.54) is 0 Å². The lowest BCUT2D eigenvalue weighted by molar-refractivity contribution is -0.149. The zero-order valence-corrected chi connectivity index (χ0v) is 7.28. The van der Waals surface area contributed by atoms with Crippen molar-refractivity contribution >= 4 is 11.8 Å². The summed E-state index contributed by atoms with van der Waals surface area (Å²) in [6.45, 7) is 3.56. The molecule has 0 fully saturated rings. The summed E-state index contributed by atoms with van der Waals surface area (Å²) in [7, 11) is 0. The number of Topliss-reactive ketones (excluding diaryl/α,β-unsaturated/α-hetero) is 1. The topological polar surface area (TPSA) is 74.6 Å². The fourth-order valence-electron chi connectivity index (χ4n) is 0.707. The molecule has 0 aromatic carbocycles. The summed E-state index contributed by atoms with van der Waals surface area (Å²) in [6, 6.07) is 0. The quantitative estimate of drug-likeness (QED) is 0.634. The van der Waals surface area contributed by atoms with E-state index in [0.717, 1.165) is 0 Å². The molecule has 12 heavy (non-hydrogen) atoms. The van der Waals surface area contributed by atoms with Crippen molar-refractivity contribution in [3.63, 3.8) is 0 Å². The van der Waals surface area contributed by atoms with Gasteiger partial charge in [-0.15, -0.1) is 0 Å². The minimum absolute atomic E-state index is 0.168. The highest BCUT2D eigenvalue weighted by atomic mass is 16.4.